The zero-order valence-corrected chi connectivity index (χ0v) is 22.4. The number of aromatic nitrogens is 2. The Morgan fingerprint density at radius 2 is 1.50 bits per heavy atom. The Bertz CT molecular complexity index is 977. The second-order valence-electron chi connectivity index (χ2n) is 8.75. The lowest BCUT2D eigenvalue weighted by atomic mass is 10.1. The molecule has 0 atom stereocenters. The normalized spacial score (nSPS) is 14.4. The van der Waals surface area contributed by atoms with Gasteiger partial charge in [-0.2, -0.15) is 0 Å². The van der Waals surface area contributed by atoms with Crippen molar-refractivity contribution in [3.8, 4) is 0 Å². The molecule has 34 heavy (non-hydrogen) atoms. The fraction of sp³-hybridized carbons (Fsp3) is 0.407. The van der Waals surface area contributed by atoms with Gasteiger partial charge in [-0.3, -0.25) is 4.90 Å². The molecular weight excluding hydrogens is 535 g/mol. The van der Waals surface area contributed by atoms with Crippen LogP contribution in [0.4, 0.5) is 0 Å². The number of piperidine rings is 1. The van der Waals surface area contributed by atoms with E-state index in [1.165, 1.54) is 54.6 Å². The molecule has 1 aliphatic rings. The van der Waals surface area contributed by atoms with Crippen LogP contribution >= 0.6 is 24.0 Å². The van der Waals surface area contributed by atoms with Crippen LogP contribution < -0.4 is 10.6 Å². The zero-order valence-electron chi connectivity index (χ0n) is 20.1. The van der Waals surface area contributed by atoms with Gasteiger partial charge in [-0.15, -0.1) is 24.0 Å². The third-order valence-corrected chi connectivity index (χ3v) is 6.05. The van der Waals surface area contributed by atoms with E-state index in [1.807, 2.05) is 18.7 Å². The molecule has 1 fully saturated rings. The molecule has 0 radical (unpaired) electrons. The fourth-order valence-electron chi connectivity index (χ4n) is 4.18. The fourth-order valence-corrected chi connectivity index (χ4v) is 4.18. The molecular formula is C27H37IN6. The summed E-state index contributed by atoms with van der Waals surface area (Å²) in [6.07, 6.45) is 9.69. The summed E-state index contributed by atoms with van der Waals surface area (Å²) in [6, 6.07) is 17.6. The molecule has 1 aliphatic heterocycles. The Balaban J connectivity index is 0.00000324. The smallest absolute Gasteiger partial charge is 0.191 e. The number of nitrogens with zero attached hydrogens (tertiary/aromatic N) is 4. The average molecular weight is 573 g/mol. The summed E-state index contributed by atoms with van der Waals surface area (Å²) in [5.74, 6) is 0.845. The predicted octanol–water partition coefficient (Wildman–Crippen LogP) is 4.79. The summed E-state index contributed by atoms with van der Waals surface area (Å²) < 4.78 is 2.07. The monoisotopic (exact) mass is 572 g/mol. The van der Waals surface area contributed by atoms with Crippen LogP contribution in [0.2, 0.25) is 0 Å². The number of nitrogens with one attached hydrogen (secondary N) is 2. The maximum Gasteiger partial charge on any atom is 0.191 e. The summed E-state index contributed by atoms with van der Waals surface area (Å²) in [6.45, 7) is 8.72. The van der Waals surface area contributed by atoms with Gasteiger partial charge in [-0.1, -0.05) is 55.0 Å². The van der Waals surface area contributed by atoms with Crippen molar-refractivity contribution in [3.63, 3.8) is 0 Å². The molecule has 6 nitrogen and oxygen atoms in total. The number of hydrogen-bond donors (Lipinski definition) is 2. The van der Waals surface area contributed by atoms with E-state index in [-0.39, 0.29) is 24.0 Å². The van der Waals surface area contributed by atoms with Crippen LogP contribution in [0.5, 0.6) is 0 Å². The molecule has 4 rings (SSSR count). The van der Waals surface area contributed by atoms with Crippen molar-refractivity contribution in [1.29, 1.82) is 0 Å². The average Bonchev–Trinajstić information content (AvgIpc) is 3.36. The first-order chi connectivity index (χ1) is 16.3. The Morgan fingerprint density at radius 3 is 2.15 bits per heavy atom. The standard InChI is InChI=1S/C27H36N6.HI/c1-2-29-27(31-19-24-8-12-26(13-9-24)21-33-17-14-28-22-33)30-18-23-6-10-25(11-7-23)20-32-15-4-3-5-16-32;/h6-14,17,22H,2-5,15-16,18-21H2,1H3,(H2,29,30,31);1H. The third-order valence-electron chi connectivity index (χ3n) is 6.05. The van der Waals surface area contributed by atoms with E-state index < -0.39 is 0 Å². The van der Waals surface area contributed by atoms with Crippen molar-refractivity contribution >= 4 is 29.9 Å². The minimum atomic E-state index is 0. The molecule has 2 heterocycles. The van der Waals surface area contributed by atoms with Crippen molar-refractivity contribution in [3.05, 3.63) is 89.5 Å². The molecule has 2 aromatic carbocycles. The molecule has 0 amide bonds. The molecule has 0 bridgehead atoms. The highest BCUT2D eigenvalue weighted by atomic mass is 127. The summed E-state index contributed by atoms with van der Waals surface area (Å²) in [4.78, 5) is 11.4. The van der Waals surface area contributed by atoms with Crippen LogP contribution in [-0.2, 0) is 26.2 Å². The van der Waals surface area contributed by atoms with Gasteiger partial charge in [0.2, 0.25) is 0 Å². The number of rotatable bonds is 9. The topological polar surface area (TPSA) is 57.5 Å². The van der Waals surface area contributed by atoms with Gasteiger partial charge in [0, 0.05) is 38.6 Å². The van der Waals surface area contributed by atoms with Gasteiger partial charge in [0.15, 0.2) is 5.96 Å². The van der Waals surface area contributed by atoms with Crippen LogP contribution in [-0.4, -0.2) is 40.0 Å². The first kappa shape index (κ1) is 26.2. The first-order valence-electron chi connectivity index (χ1n) is 12.1. The van der Waals surface area contributed by atoms with Gasteiger partial charge in [0.05, 0.1) is 12.9 Å². The number of halogens is 1. The number of hydrogen-bond acceptors (Lipinski definition) is 3. The molecule has 1 saturated heterocycles. The van der Waals surface area contributed by atoms with E-state index in [0.717, 1.165) is 32.1 Å². The van der Waals surface area contributed by atoms with Crippen molar-refractivity contribution in [2.45, 2.75) is 52.4 Å². The van der Waals surface area contributed by atoms with Gasteiger partial charge >= 0.3 is 0 Å². The van der Waals surface area contributed by atoms with Crippen molar-refractivity contribution in [2.24, 2.45) is 4.99 Å². The minimum absolute atomic E-state index is 0. The highest BCUT2D eigenvalue weighted by molar-refractivity contribution is 14.0. The van der Waals surface area contributed by atoms with Crippen LogP contribution in [0.1, 0.15) is 48.4 Å². The van der Waals surface area contributed by atoms with E-state index in [9.17, 15) is 0 Å². The van der Waals surface area contributed by atoms with Crippen molar-refractivity contribution < 1.29 is 0 Å². The quantitative estimate of drug-likeness (QED) is 0.220. The first-order valence-corrected chi connectivity index (χ1v) is 12.1. The Labute approximate surface area is 220 Å². The summed E-state index contributed by atoms with van der Waals surface area (Å²) in [5, 5.41) is 6.81. The number of guanidine groups is 1. The Morgan fingerprint density at radius 1 is 0.853 bits per heavy atom. The van der Waals surface area contributed by atoms with Crippen LogP contribution in [0, 0.1) is 0 Å². The number of likely N-dealkylation sites (tertiary alicyclic amines) is 1. The van der Waals surface area contributed by atoms with Crippen LogP contribution in [0.25, 0.3) is 0 Å². The number of aliphatic imine (C=N–C) groups is 1. The number of benzene rings is 2. The lowest BCUT2D eigenvalue weighted by molar-refractivity contribution is 0.221. The molecule has 3 aromatic rings. The van der Waals surface area contributed by atoms with E-state index in [4.69, 9.17) is 4.99 Å². The van der Waals surface area contributed by atoms with E-state index in [2.05, 4.69) is 80.5 Å². The Hall–Kier alpha value is -2.39. The van der Waals surface area contributed by atoms with Gasteiger partial charge in [0.1, 0.15) is 0 Å². The van der Waals surface area contributed by atoms with Crippen LogP contribution in [0.15, 0.2) is 72.2 Å². The largest absolute Gasteiger partial charge is 0.357 e. The lowest BCUT2D eigenvalue weighted by Gasteiger charge is -2.26. The van der Waals surface area contributed by atoms with E-state index >= 15 is 0 Å². The molecule has 0 unspecified atom stereocenters. The van der Waals surface area contributed by atoms with Gasteiger partial charge in [-0.25, -0.2) is 9.98 Å². The Kier molecular flexibility index (Phi) is 10.9. The SMILES string of the molecule is CCNC(=NCc1ccc(CN2CCCCC2)cc1)NCc1ccc(Cn2ccnc2)cc1.I. The molecule has 0 spiro atoms. The van der Waals surface area contributed by atoms with Crippen molar-refractivity contribution in [1.82, 2.24) is 25.1 Å². The summed E-state index contributed by atoms with van der Waals surface area (Å²) >= 11 is 0. The summed E-state index contributed by atoms with van der Waals surface area (Å²) in [5.41, 5.74) is 5.13. The van der Waals surface area contributed by atoms with Crippen LogP contribution in [0.3, 0.4) is 0 Å². The van der Waals surface area contributed by atoms with E-state index in [1.54, 1.807) is 0 Å². The van der Waals surface area contributed by atoms with Crippen molar-refractivity contribution in [2.75, 3.05) is 19.6 Å². The minimum Gasteiger partial charge on any atom is -0.357 e. The number of imidazole rings is 1. The molecule has 0 saturated carbocycles. The second kappa shape index (κ2) is 14.1. The summed E-state index contributed by atoms with van der Waals surface area (Å²) in [7, 11) is 0. The molecule has 0 aliphatic carbocycles. The second-order valence-corrected chi connectivity index (χ2v) is 8.75. The lowest BCUT2D eigenvalue weighted by Crippen LogP contribution is -2.36. The maximum absolute atomic E-state index is 4.79. The molecule has 7 heteroatoms. The van der Waals surface area contributed by atoms with E-state index in [0.29, 0.717) is 6.54 Å². The zero-order chi connectivity index (χ0) is 22.7. The van der Waals surface area contributed by atoms with Gasteiger partial charge in [-0.05, 0) is 55.1 Å². The predicted molar refractivity (Wildman–Crippen MR) is 150 cm³/mol. The maximum atomic E-state index is 4.79. The molecule has 2 N–H and O–H groups in total. The molecule has 1 aromatic heterocycles. The highest BCUT2D eigenvalue weighted by Gasteiger charge is 2.10. The highest BCUT2D eigenvalue weighted by Crippen LogP contribution is 2.14. The third kappa shape index (κ3) is 8.43. The van der Waals surface area contributed by atoms with Gasteiger partial charge < -0.3 is 15.2 Å². The van der Waals surface area contributed by atoms with Gasteiger partial charge in [0.25, 0.3) is 0 Å². The molecule has 182 valence electrons.